The zero-order valence-electron chi connectivity index (χ0n) is 21.9. The number of phenolic OH excluding ortho intramolecular Hbond substituents is 2. The van der Waals surface area contributed by atoms with Gasteiger partial charge >= 0.3 is 6.18 Å². The van der Waals surface area contributed by atoms with E-state index in [1.165, 1.54) is 6.07 Å². The molecule has 0 spiro atoms. The fraction of sp³-hybridized carbons (Fsp3) is 0.321. The van der Waals surface area contributed by atoms with Crippen LogP contribution in [0.1, 0.15) is 78.1 Å². The summed E-state index contributed by atoms with van der Waals surface area (Å²) in [6.45, 7) is 8.83. The first kappa shape index (κ1) is 29.1. The number of phenols is 2. The summed E-state index contributed by atoms with van der Waals surface area (Å²) in [5, 5.41) is 29.9. The molecule has 0 aliphatic heterocycles. The predicted molar refractivity (Wildman–Crippen MR) is 137 cm³/mol. The molecule has 0 fully saturated rings. The van der Waals surface area contributed by atoms with Gasteiger partial charge in [-0.3, -0.25) is 9.59 Å². The summed E-state index contributed by atoms with van der Waals surface area (Å²) in [4.78, 5) is 25.4. The van der Waals surface area contributed by atoms with E-state index in [0.717, 1.165) is 30.3 Å². The molecule has 39 heavy (non-hydrogen) atoms. The highest BCUT2D eigenvalue weighted by Gasteiger charge is 2.31. The van der Waals surface area contributed by atoms with E-state index in [1.54, 1.807) is 20.8 Å². The summed E-state index contributed by atoms with van der Waals surface area (Å²) in [6.07, 6.45) is -4.53. The van der Waals surface area contributed by atoms with Gasteiger partial charge in [0.05, 0.1) is 16.7 Å². The third-order valence-corrected chi connectivity index (χ3v) is 5.66. The topological polar surface area (TPSA) is 125 Å². The summed E-state index contributed by atoms with van der Waals surface area (Å²) < 4.78 is 43.9. The Morgan fingerprint density at radius 1 is 1.05 bits per heavy atom. The number of carbonyl (C=O) groups is 2. The molecular weight excluding hydrogens is 515 g/mol. The Bertz CT molecular complexity index is 1450. The van der Waals surface area contributed by atoms with Crippen LogP contribution >= 0.6 is 0 Å². The van der Waals surface area contributed by atoms with E-state index in [4.69, 9.17) is 4.52 Å². The molecule has 0 unspecified atom stereocenters. The third kappa shape index (κ3) is 6.71. The highest BCUT2D eigenvalue weighted by atomic mass is 19.4. The maximum absolute atomic E-state index is 12.8. The van der Waals surface area contributed by atoms with E-state index >= 15 is 0 Å². The van der Waals surface area contributed by atoms with Gasteiger partial charge in [0.1, 0.15) is 17.1 Å². The average Bonchev–Trinajstić information content (AvgIpc) is 3.26. The molecule has 0 bridgehead atoms. The number of benzene rings is 2. The van der Waals surface area contributed by atoms with Gasteiger partial charge in [-0.25, -0.2) is 0 Å². The van der Waals surface area contributed by atoms with Crippen molar-refractivity contribution in [3.63, 3.8) is 0 Å². The van der Waals surface area contributed by atoms with Crippen LogP contribution in [-0.2, 0) is 6.18 Å². The molecule has 3 aromatic rings. The molecule has 2 amide bonds. The zero-order valence-corrected chi connectivity index (χ0v) is 21.9. The van der Waals surface area contributed by atoms with Crippen LogP contribution in [0.2, 0.25) is 0 Å². The minimum absolute atomic E-state index is 0.00165. The van der Waals surface area contributed by atoms with Crippen molar-refractivity contribution in [3.05, 3.63) is 64.3 Å². The molecular formula is C28H28F3N3O5. The van der Waals surface area contributed by atoms with Crippen LogP contribution in [0.25, 0.3) is 11.3 Å². The standard InChI is InChI=1S/C28H28F3N3O5/c1-6-32-26(38)23-18(24(39-34-23)20-13-19(15(2)3)21(35)14-22(20)36)11-12-27(4,5)33-25(37)16-7-9-17(10-8-16)28(29,30)31/h7-10,13-15,35-36H,6H2,1-5H3,(H,32,38)(H,33,37). The van der Waals surface area contributed by atoms with E-state index in [2.05, 4.69) is 27.6 Å². The minimum atomic E-state index is -4.53. The highest BCUT2D eigenvalue weighted by molar-refractivity contribution is 5.97. The summed E-state index contributed by atoms with van der Waals surface area (Å²) in [6, 6.07) is 6.42. The first-order chi connectivity index (χ1) is 18.1. The summed E-state index contributed by atoms with van der Waals surface area (Å²) >= 11 is 0. The Hall–Kier alpha value is -4.46. The molecule has 8 nitrogen and oxygen atoms in total. The number of alkyl halides is 3. The second-order valence-corrected chi connectivity index (χ2v) is 9.58. The molecule has 0 aliphatic carbocycles. The molecule has 11 heteroatoms. The van der Waals surface area contributed by atoms with Crippen LogP contribution in [0, 0.1) is 11.8 Å². The number of hydrogen-bond acceptors (Lipinski definition) is 6. The molecule has 0 radical (unpaired) electrons. The largest absolute Gasteiger partial charge is 0.508 e. The molecule has 0 aliphatic rings. The molecule has 1 aromatic heterocycles. The van der Waals surface area contributed by atoms with Crippen molar-refractivity contribution in [2.45, 2.75) is 52.3 Å². The van der Waals surface area contributed by atoms with Gasteiger partial charge in [0, 0.05) is 18.2 Å². The molecule has 0 saturated carbocycles. The lowest BCUT2D eigenvalue weighted by Crippen LogP contribution is -2.42. The normalized spacial score (nSPS) is 11.6. The Morgan fingerprint density at radius 2 is 1.69 bits per heavy atom. The summed E-state index contributed by atoms with van der Waals surface area (Å²) in [7, 11) is 0. The van der Waals surface area contributed by atoms with Crippen molar-refractivity contribution in [1.82, 2.24) is 15.8 Å². The van der Waals surface area contributed by atoms with E-state index in [9.17, 15) is 33.0 Å². The second-order valence-electron chi connectivity index (χ2n) is 9.58. The Morgan fingerprint density at radius 3 is 2.26 bits per heavy atom. The van der Waals surface area contributed by atoms with Gasteiger partial charge in [0.15, 0.2) is 11.5 Å². The average molecular weight is 544 g/mol. The zero-order chi connectivity index (χ0) is 29.1. The van der Waals surface area contributed by atoms with Crippen LogP contribution < -0.4 is 10.6 Å². The number of nitrogens with zero attached hydrogens (tertiary/aromatic N) is 1. The molecule has 206 valence electrons. The maximum Gasteiger partial charge on any atom is 0.416 e. The third-order valence-electron chi connectivity index (χ3n) is 5.66. The lowest BCUT2D eigenvalue weighted by atomic mass is 9.96. The van der Waals surface area contributed by atoms with Gasteiger partial charge < -0.3 is 25.4 Å². The highest BCUT2D eigenvalue weighted by Crippen LogP contribution is 2.39. The lowest BCUT2D eigenvalue weighted by molar-refractivity contribution is -0.137. The van der Waals surface area contributed by atoms with E-state index in [1.807, 2.05) is 13.8 Å². The number of nitrogens with one attached hydrogen (secondary N) is 2. The number of amides is 2. The Balaban J connectivity index is 2.01. The van der Waals surface area contributed by atoms with E-state index in [0.29, 0.717) is 12.1 Å². The SMILES string of the molecule is CCNC(=O)c1noc(-c2cc(C(C)C)c(O)cc2O)c1C#CC(C)(C)NC(=O)c1ccc(C(F)(F)F)cc1. The van der Waals surface area contributed by atoms with Gasteiger partial charge in [-0.2, -0.15) is 13.2 Å². The molecule has 3 rings (SSSR count). The molecule has 1 heterocycles. The second kappa shape index (κ2) is 11.1. The van der Waals surface area contributed by atoms with Crippen molar-refractivity contribution in [1.29, 1.82) is 0 Å². The molecule has 4 N–H and O–H groups in total. The minimum Gasteiger partial charge on any atom is -0.508 e. The Kier molecular flexibility index (Phi) is 8.29. The quantitative estimate of drug-likeness (QED) is 0.317. The van der Waals surface area contributed by atoms with Crippen LogP contribution in [-0.4, -0.2) is 39.3 Å². The van der Waals surface area contributed by atoms with Crippen LogP contribution in [0.4, 0.5) is 13.2 Å². The van der Waals surface area contributed by atoms with Gasteiger partial charge in [-0.15, -0.1) is 0 Å². The van der Waals surface area contributed by atoms with Gasteiger partial charge in [-0.1, -0.05) is 30.8 Å². The van der Waals surface area contributed by atoms with Crippen LogP contribution in [0.15, 0.2) is 40.9 Å². The smallest absolute Gasteiger partial charge is 0.416 e. The Labute approximate surface area is 223 Å². The van der Waals surface area contributed by atoms with Crippen molar-refractivity contribution in [2.24, 2.45) is 0 Å². The molecule has 0 atom stereocenters. The van der Waals surface area contributed by atoms with Gasteiger partial charge in [0.25, 0.3) is 11.8 Å². The fourth-order valence-electron chi connectivity index (χ4n) is 3.64. The predicted octanol–water partition coefficient (Wildman–Crippen LogP) is 5.20. The summed E-state index contributed by atoms with van der Waals surface area (Å²) in [5.41, 5.74) is -1.54. The van der Waals surface area contributed by atoms with Crippen molar-refractivity contribution in [2.75, 3.05) is 6.54 Å². The van der Waals surface area contributed by atoms with Crippen LogP contribution in [0.5, 0.6) is 11.5 Å². The maximum atomic E-state index is 12.8. The number of hydrogen-bond donors (Lipinski definition) is 4. The van der Waals surface area contributed by atoms with Crippen molar-refractivity contribution < 1.29 is 37.5 Å². The fourth-order valence-corrected chi connectivity index (χ4v) is 3.64. The number of rotatable bonds is 6. The number of carbonyl (C=O) groups excluding carboxylic acids is 2. The summed E-state index contributed by atoms with van der Waals surface area (Å²) in [5.74, 6) is 3.85. The first-order valence-electron chi connectivity index (χ1n) is 12.0. The number of aromatic hydroxyl groups is 2. The first-order valence-corrected chi connectivity index (χ1v) is 12.0. The van der Waals surface area contributed by atoms with E-state index < -0.39 is 29.1 Å². The number of halogens is 3. The van der Waals surface area contributed by atoms with Gasteiger partial charge in [-0.05, 0) is 62.6 Å². The lowest BCUT2D eigenvalue weighted by Gasteiger charge is -2.20. The van der Waals surface area contributed by atoms with Crippen molar-refractivity contribution >= 4 is 11.8 Å². The molecule has 2 aromatic carbocycles. The molecule has 0 saturated heterocycles. The van der Waals surface area contributed by atoms with Crippen LogP contribution in [0.3, 0.4) is 0 Å². The van der Waals surface area contributed by atoms with Crippen molar-refractivity contribution in [3.8, 4) is 34.7 Å². The van der Waals surface area contributed by atoms with Gasteiger partial charge in [0.2, 0.25) is 0 Å². The number of aromatic nitrogens is 1. The van der Waals surface area contributed by atoms with E-state index in [-0.39, 0.29) is 45.6 Å². The monoisotopic (exact) mass is 543 g/mol.